The van der Waals surface area contributed by atoms with E-state index in [9.17, 15) is 14.4 Å². The van der Waals surface area contributed by atoms with Crippen LogP contribution < -0.4 is 19.7 Å². The van der Waals surface area contributed by atoms with Crippen molar-refractivity contribution in [2.24, 2.45) is 0 Å². The van der Waals surface area contributed by atoms with Crippen LogP contribution in [0.2, 0.25) is 0 Å². The number of imide groups is 2. The second-order valence-electron chi connectivity index (χ2n) is 7.95. The Labute approximate surface area is 203 Å². The number of hydrogen-bond acceptors (Lipinski definition) is 5. The van der Waals surface area contributed by atoms with E-state index in [1.165, 1.54) is 6.08 Å². The minimum atomic E-state index is -0.816. The Morgan fingerprint density at radius 3 is 2.29 bits per heavy atom. The lowest BCUT2D eigenvalue weighted by Gasteiger charge is -2.27. The van der Waals surface area contributed by atoms with Gasteiger partial charge in [0.2, 0.25) is 0 Å². The summed E-state index contributed by atoms with van der Waals surface area (Å²) in [5, 5.41) is 2.27. The van der Waals surface area contributed by atoms with Crippen LogP contribution in [0.1, 0.15) is 30.8 Å². The van der Waals surface area contributed by atoms with Crippen molar-refractivity contribution in [1.82, 2.24) is 9.88 Å². The Kier molecular flexibility index (Phi) is 6.73. The Morgan fingerprint density at radius 1 is 0.914 bits per heavy atom. The Bertz CT molecular complexity index is 1320. The Hall–Kier alpha value is -4.33. The fourth-order valence-corrected chi connectivity index (χ4v) is 4.14. The number of anilines is 1. The molecule has 1 aliphatic heterocycles. The summed E-state index contributed by atoms with van der Waals surface area (Å²) in [4.78, 5) is 39.6. The van der Waals surface area contributed by atoms with E-state index in [1.807, 2.05) is 62.6 Å². The highest BCUT2D eigenvalue weighted by Crippen LogP contribution is 2.32. The average molecular weight is 474 g/mol. The van der Waals surface area contributed by atoms with Crippen LogP contribution >= 0.6 is 0 Å². The highest BCUT2D eigenvalue weighted by atomic mass is 16.5. The van der Waals surface area contributed by atoms with Gasteiger partial charge in [0, 0.05) is 17.1 Å². The van der Waals surface area contributed by atoms with E-state index < -0.39 is 17.8 Å². The zero-order chi connectivity index (χ0) is 25.1. The van der Waals surface area contributed by atoms with Crippen LogP contribution in [0.3, 0.4) is 0 Å². The zero-order valence-electron chi connectivity index (χ0n) is 20.1. The first-order valence-corrected chi connectivity index (χ1v) is 11.4. The first-order valence-electron chi connectivity index (χ1n) is 11.4. The van der Waals surface area contributed by atoms with Crippen LogP contribution in [-0.2, 0) is 9.59 Å². The van der Waals surface area contributed by atoms with E-state index in [2.05, 4.69) is 5.32 Å². The Morgan fingerprint density at radius 2 is 1.60 bits per heavy atom. The van der Waals surface area contributed by atoms with Crippen LogP contribution in [0.5, 0.6) is 11.5 Å². The van der Waals surface area contributed by atoms with E-state index in [1.54, 1.807) is 24.3 Å². The topological polar surface area (TPSA) is 89.9 Å². The number of ether oxygens (including phenoxy) is 2. The van der Waals surface area contributed by atoms with E-state index in [-0.39, 0.29) is 11.3 Å². The third-order valence-electron chi connectivity index (χ3n) is 5.68. The predicted octanol–water partition coefficient (Wildman–Crippen LogP) is 4.56. The van der Waals surface area contributed by atoms with Crippen molar-refractivity contribution in [2.75, 3.05) is 18.1 Å². The lowest BCUT2D eigenvalue weighted by molar-refractivity contribution is -0.122. The van der Waals surface area contributed by atoms with Crippen LogP contribution in [0.15, 0.2) is 60.2 Å². The van der Waals surface area contributed by atoms with Crippen molar-refractivity contribution in [3.63, 3.8) is 0 Å². The second kappa shape index (κ2) is 9.89. The van der Waals surface area contributed by atoms with Crippen molar-refractivity contribution >= 4 is 29.6 Å². The maximum atomic E-state index is 13.4. The van der Waals surface area contributed by atoms with Gasteiger partial charge in [-0.3, -0.25) is 14.9 Å². The number of para-hydroxylation sites is 2. The largest absolute Gasteiger partial charge is 0.494 e. The molecule has 2 aromatic carbocycles. The van der Waals surface area contributed by atoms with Gasteiger partial charge in [-0.05, 0) is 81.8 Å². The van der Waals surface area contributed by atoms with E-state index in [0.29, 0.717) is 24.5 Å². The molecular weight excluding hydrogens is 446 g/mol. The van der Waals surface area contributed by atoms with Crippen LogP contribution in [0.4, 0.5) is 10.5 Å². The lowest BCUT2D eigenvalue weighted by Crippen LogP contribution is -2.54. The van der Waals surface area contributed by atoms with E-state index >= 15 is 0 Å². The van der Waals surface area contributed by atoms with Gasteiger partial charge in [0.15, 0.2) is 0 Å². The van der Waals surface area contributed by atoms with Crippen LogP contribution in [0, 0.1) is 13.8 Å². The third-order valence-corrected chi connectivity index (χ3v) is 5.68. The van der Waals surface area contributed by atoms with Crippen LogP contribution in [0.25, 0.3) is 11.8 Å². The number of urea groups is 1. The number of rotatable bonds is 7. The maximum absolute atomic E-state index is 13.4. The molecule has 8 heteroatoms. The quantitative estimate of drug-likeness (QED) is 0.401. The van der Waals surface area contributed by atoms with E-state index in [0.717, 1.165) is 27.7 Å². The van der Waals surface area contributed by atoms with Gasteiger partial charge in [-0.1, -0.05) is 12.1 Å². The number of aryl methyl sites for hydroxylation is 1. The van der Waals surface area contributed by atoms with Crippen molar-refractivity contribution < 1.29 is 23.9 Å². The number of amides is 4. The van der Waals surface area contributed by atoms with Gasteiger partial charge in [0.1, 0.15) is 17.1 Å². The maximum Gasteiger partial charge on any atom is 0.336 e. The molecule has 8 nitrogen and oxygen atoms in total. The number of carbonyl (C=O) groups is 3. The molecule has 1 fully saturated rings. The van der Waals surface area contributed by atoms with Gasteiger partial charge in [0.05, 0.1) is 18.9 Å². The van der Waals surface area contributed by atoms with Crippen molar-refractivity contribution in [3.05, 3.63) is 77.1 Å². The minimum Gasteiger partial charge on any atom is -0.494 e. The molecule has 0 saturated carbocycles. The average Bonchev–Trinajstić information content (AvgIpc) is 3.11. The summed E-state index contributed by atoms with van der Waals surface area (Å²) in [7, 11) is 0. The van der Waals surface area contributed by atoms with Crippen LogP contribution in [-0.4, -0.2) is 35.6 Å². The molecule has 3 aromatic rings. The number of carbonyl (C=O) groups excluding carboxylic acids is 3. The molecule has 1 aromatic heterocycles. The number of aromatic nitrogens is 1. The van der Waals surface area contributed by atoms with Gasteiger partial charge >= 0.3 is 6.03 Å². The highest BCUT2D eigenvalue weighted by molar-refractivity contribution is 6.39. The second-order valence-corrected chi connectivity index (χ2v) is 7.95. The first kappa shape index (κ1) is 23.8. The molecule has 180 valence electrons. The molecule has 1 saturated heterocycles. The fraction of sp³-hybridized carbons (Fsp3) is 0.222. The summed E-state index contributed by atoms with van der Waals surface area (Å²) >= 11 is 0. The summed E-state index contributed by atoms with van der Waals surface area (Å²) in [6.45, 7) is 8.55. The standard InChI is InChI=1S/C27H27N3O5/c1-5-34-21-13-11-20(12-14-21)29-17(3)15-19(18(29)4)16-22-25(31)28-27(33)30(26(22)32)23-9-7-8-10-24(23)35-6-2/h7-16H,5-6H2,1-4H3,(H,28,31,33)/b22-16+. The molecule has 2 heterocycles. The number of benzene rings is 2. The summed E-state index contributed by atoms with van der Waals surface area (Å²) in [6, 6.07) is 15.5. The molecular formula is C27H27N3O5. The molecule has 4 amide bonds. The molecule has 0 unspecified atom stereocenters. The molecule has 1 N–H and O–H groups in total. The smallest absolute Gasteiger partial charge is 0.336 e. The number of barbiturate groups is 1. The van der Waals surface area contributed by atoms with Gasteiger partial charge in [-0.2, -0.15) is 0 Å². The van der Waals surface area contributed by atoms with E-state index in [4.69, 9.17) is 9.47 Å². The summed E-state index contributed by atoms with van der Waals surface area (Å²) in [6.07, 6.45) is 1.52. The van der Waals surface area contributed by atoms with Gasteiger partial charge in [-0.25, -0.2) is 9.69 Å². The lowest BCUT2D eigenvalue weighted by atomic mass is 10.1. The van der Waals surface area contributed by atoms with Crippen molar-refractivity contribution in [3.8, 4) is 17.2 Å². The zero-order valence-corrected chi connectivity index (χ0v) is 20.1. The van der Waals surface area contributed by atoms with Gasteiger partial charge < -0.3 is 14.0 Å². The number of nitrogens with zero attached hydrogens (tertiary/aromatic N) is 2. The summed E-state index contributed by atoms with van der Waals surface area (Å²) < 4.78 is 13.1. The highest BCUT2D eigenvalue weighted by Gasteiger charge is 2.38. The molecule has 4 rings (SSSR count). The number of nitrogens with one attached hydrogen (secondary N) is 1. The molecule has 0 bridgehead atoms. The molecule has 35 heavy (non-hydrogen) atoms. The monoisotopic (exact) mass is 473 g/mol. The number of hydrogen-bond donors (Lipinski definition) is 1. The predicted molar refractivity (Wildman–Crippen MR) is 133 cm³/mol. The molecule has 0 aliphatic carbocycles. The normalized spacial score (nSPS) is 14.9. The van der Waals surface area contributed by atoms with Gasteiger partial charge in [-0.15, -0.1) is 0 Å². The molecule has 0 radical (unpaired) electrons. The third kappa shape index (κ3) is 4.55. The SMILES string of the molecule is CCOc1ccc(-n2c(C)cc(/C=C3\C(=O)NC(=O)N(c4ccccc4OCC)C3=O)c2C)cc1. The van der Waals surface area contributed by atoms with Gasteiger partial charge in [0.25, 0.3) is 11.8 Å². The molecule has 1 aliphatic rings. The first-order chi connectivity index (χ1) is 16.8. The Balaban J connectivity index is 1.72. The summed E-state index contributed by atoms with van der Waals surface area (Å²) in [5.41, 5.74) is 3.53. The van der Waals surface area contributed by atoms with Crippen molar-refractivity contribution in [1.29, 1.82) is 0 Å². The summed E-state index contributed by atoms with van der Waals surface area (Å²) in [5.74, 6) is -0.295. The fourth-order valence-electron chi connectivity index (χ4n) is 4.14. The van der Waals surface area contributed by atoms with Crippen molar-refractivity contribution in [2.45, 2.75) is 27.7 Å². The molecule has 0 atom stereocenters. The molecule has 0 spiro atoms. The minimum absolute atomic E-state index is 0.136.